The summed E-state index contributed by atoms with van der Waals surface area (Å²) in [5.41, 5.74) is 0. The van der Waals surface area contributed by atoms with Crippen LogP contribution in [0.1, 0.15) is 40.0 Å². The summed E-state index contributed by atoms with van der Waals surface area (Å²) in [5.74, 6) is -0.147. The van der Waals surface area contributed by atoms with Gasteiger partial charge in [0.1, 0.15) is 6.10 Å². The molecular weight excluding hydrogens is 274 g/mol. The van der Waals surface area contributed by atoms with E-state index in [0.717, 1.165) is 18.9 Å². The van der Waals surface area contributed by atoms with Gasteiger partial charge in [-0.05, 0) is 30.6 Å². The maximum atomic E-state index is 13.9. The van der Waals surface area contributed by atoms with Gasteiger partial charge in [0.05, 0.1) is 0 Å². The number of hydrogen-bond acceptors (Lipinski definition) is 3. The molecule has 3 nitrogen and oxygen atoms in total. The fourth-order valence-corrected chi connectivity index (χ4v) is 3.10. The third-order valence-corrected chi connectivity index (χ3v) is 4.36. The van der Waals surface area contributed by atoms with E-state index >= 15 is 0 Å². The van der Waals surface area contributed by atoms with Crippen molar-refractivity contribution in [3.63, 3.8) is 0 Å². The molecule has 118 valence electrons. The largest absolute Gasteiger partial charge is 0.472 e. The number of hydrogen-bond donors (Lipinski definition) is 1. The van der Waals surface area contributed by atoms with Crippen molar-refractivity contribution >= 4 is 5.82 Å². The van der Waals surface area contributed by atoms with Crippen LogP contribution in [0.5, 0.6) is 5.88 Å². The summed E-state index contributed by atoms with van der Waals surface area (Å²) in [6.45, 7) is 6.50. The van der Waals surface area contributed by atoms with Gasteiger partial charge in [-0.15, -0.1) is 0 Å². The number of nitrogens with one attached hydrogen (secondary N) is 1. The summed E-state index contributed by atoms with van der Waals surface area (Å²) < 4.78 is 33.2. The summed E-state index contributed by atoms with van der Waals surface area (Å²) in [7, 11) is 1.55. The first kappa shape index (κ1) is 16.0. The fraction of sp³-hybridized carbons (Fsp3) is 0.688. The molecule has 0 aliphatic heterocycles. The molecule has 1 aliphatic carbocycles. The van der Waals surface area contributed by atoms with E-state index in [9.17, 15) is 8.78 Å². The van der Waals surface area contributed by atoms with Crippen molar-refractivity contribution in [2.24, 2.45) is 17.8 Å². The molecule has 1 heterocycles. The standard InChI is InChI=1S/C16H24F2N2O/c1-9(2)11-6-5-10(3)7-14(11)21-16-13(18)8-12(17)15(19-4)20-16/h8-11,14H,5-7H2,1-4H3,(H,19,20). The predicted molar refractivity (Wildman–Crippen MR) is 79.5 cm³/mol. The van der Waals surface area contributed by atoms with Crippen molar-refractivity contribution in [3.05, 3.63) is 17.7 Å². The second-order valence-corrected chi connectivity index (χ2v) is 6.34. The molecule has 5 heteroatoms. The Morgan fingerprint density at radius 3 is 2.62 bits per heavy atom. The molecule has 0 aromatic carbocycles. The van der Waals surface area contributed by atoms with Crippen LogP contribution in [0.25, 0.3) is 0 Å². The molecule has 1 aromatic rings. The zero-order chi connectivity index (χ0) is 15.6. The lowest BCUT2D eigenvalue weighted by Gasteiger charge is -2.37. The van der Waals surface area contributed by atoms with Gasteiger partial charge in [0.25, 0.3) is 5.88 Å². The summed E-state index contributed by atoms with van der Waals surface area (Å²) in [4.78, 5) is 3.92. The van der Waals surface area contributed by atoms with Crippen LogP contribution in [0.3, 0.4) is 0 Å². The second kappa shape index (κ2) is 6.58. The van der Waals surface area contributed by atoms with Crippen LogP contribution in [0.2, 0.25) is 0 Å². The molecule has 0 radical (unpaired) electrons. The van der Waals surface area contributed by atoms with E-state index in [-0.39, 0.29) is 17.8 Å². The van der Waals surface area contributed by atoms with Crippen molar-refractivity contribution in [2.45, 2.75) is 46.1 Å². The smallest absolute Gasteiger partial charge is 0.252 e. The Morgan fingerprint density at radius 2 is 2.00 bits per heavy atom. The predicted octanol–water partition coefficient (Wildman–Crippen LogP) is 4.24. The minimum absolute atomic E-state index is 0.0105. The number of halogens is 2. The second-order valence-electron chi connectivity index (χ2n) is 6.34. The van der Waals surface area contributed by atoms with Crippen molar-refractivity contribution < 1.29 is 13.5 Å². The molecule has 3 atom stereocenters. The number of nitrogens with zero attached hydrogens (tertiary/aromatic N) is 1. The van der Waals surface area contributed by atoms with Crippen LogP contribution in [0, 0.1) is 29.4 Å². The van der Waals surface area contributed by atoms with Crippen molar-refractivity contribution in [3.8, 4) is 5.88 Å². The number of anilines is 1. The van der Waals surface area contributed by atoms with E-state index in [1.807, 2.05) is 0 Å². The first-order chi connectivity index (χ1) is 9.92. The Balaban J connectivity index is 2.22. The van der Waals surface area contributed by atoms with E-state index in [0.29, 0.717) is 17.8 Å². The van der Waals surface area contributed by atoms with Gasteiger partial charge in [0.15, 0.2) is 17.5 Å². The third-order valence-electron chi connectivity index (χ3n) is 4.36. The molecule has 3 unspecified atom stereocenters. The third kappa shape index (κ3) is 3.63. The highest BCUT2D eigenvalue weighted by Crippen LogP contribution is 2.36. The number of pyridine rings is 1. The van der Waals surface area contributed by atoms with Gasteiger partial charge >= 0.3 is 0 Å². The van der Waals surface area contributed by atoms with Gasteiger partial charge in [0.2, 0.25) is 0 Å². The molecule has 1 aliphatic rings. The highest BCUT2D eigenvalue weighted by Gasteiger charge is 2.33. The van der Waals surface area contributed by atoms with Gasteiger partial charge in [-0.25, -0.2) is 8.78 Å². The topological polar surface area (TPSA) is 34.2 Å². The lowest BCUT2D eigenvalue weighted by molar-refractivity contribution is 0.0395. The quantitative estimate of drug-likeness (QED) is 0.902. The Labute approximate surface area is 125 Å². The highest BCUT2D eigenvalue weighted by atomic mass is 19.1. The van der Waals surface area contributed by atoms with Crippen LogP contribution in [0.15, 0.2) is 6.07 Å². The minimum Gasteiger partial charge on any atom is -0.472 e. The van der Waals surface area contributed by atoms with Gasteiger partial charge < -0.3 is 10.1 Å². The lowest BCUT2D eigenvalue weighted by Crippen LogP contribution is -2.36. The summed E-state index contributed by atoms with van der Waals surface area (Å²) in [5, 5.41) is 2.61. The van der Waals surface area contributed by atoms with Crippen molar-refractivity contribution in [2.75, 3.05) is 12.4 Å². The lowest BCUT2D eigenvalue weighted by atomic mass is 9.75. The van der Waals surface area contributed by atoms with Gasteiger partial charge in [-0.2, -0.15) is 4.98 Å². The van der Waals surface area contributed by atoms with E-state index in [1.165, 1.54) is 6.42 Å². The van der Waals surface area contributed by atoms with Crippen LogP contribution in [-0.2, 0) is 0 Å². The molecule has 1 aromatic heterocycles. The average Bonchev–Trinajstić information content (AvgIpc) is 2.41. The number of ether oxygens (including phenoxy) is 1. The molecule has 1 N–H and O–H groups in total. The first-order valence-corrected chi connectivity index (χ1v) is 7.62. The Kier molecular flexibility index (Phi) is 5.01. The number of rotatable bonds is 4. The highest BCUT2D eigenvalue weighted by molar-refractivity contribution is 5.39. The Bertz CT molecular complexity index is 493. The molecule has 0 bridgehead atoms. The van der Waals surface area contributed by atoms with Crippen molar-refractivity contribution in [1.82, 2.24) is 4.98 Å². The zero-order valence-corrected chi connectivity index (χ0v) is 13.1. The molecular formula is C16H24F2N2O. The fourth-order valence-electron chi connectivity index (χ4n) is 3.10. The SMILES string of the molecule is CNc1nc(OC2CC(C)CCC2C(C)C)c(F)cc1F. The zero-order valence-electron chi connectivity index (χ0n) is 13.1. The molecule has 0 spiro atoms. The van der Waals surface area contributed by atoms with Crippen LogP contribution >= 0.6 is 0 Å². The first-order valence-electron chi connectivity index (χ1n) is 7.62. The maximum absolute atomic E-state index is 13.9. The van der Waals surface area contributed by atoms with Crippen LogP contribution in [-0.4, -0.2) is 18.1 Å². The van der Waals surface area contributed by atoms with Crippen molar-refractivity contribution in [1.29, 1.82) is 0 Å². The molecule has 0 amide bonds. The van der Waals surface area contributed by atoms with E-state index in [4.69, 9.17) is 4.74 Å². The van der Waals surface area contributed by atoms with Gasteiger partial charge in [0, 0.05) is 13.1 Å². The molecule has 1 saturated carbocycles. The average molecular weight is 298 g/mol. The summed E-state index contributed by atoms with van der Waals surface area (Å²) >= 11 is 0. The van der Waals surface area contributed by atoms with Gasteiger partial charge in [-0.1, -0.05) is 27.2 Å². The minimum atomic E-state index is -0.743. The molecule has 0 saturated heterocycles. The molecule has 21 heavy (non-hydrogen) atoms. The van der Waals surface area contributed by atoms with E-state index < -0.39 is 11.6 Å². The van der Waals surface area contributed by atoms with E-state index in [2.05, 4.69) is 31.1 Å². The van der Waals surface area contributed by atoms with Crippen LogP contribution < -0.4 is 10.1 Å². The summed E-state index contributed by atoms with van der Waals surface area (Å²) in [6.07, 6.45) is 3.07. The maximum Gasteiger partial charge on any atom is 0.252 e. The van der Waals surface area contributed by atoms with Crippen LogP contribution in [0.4, 0.5) is 14.6 Å². The molecule has 2 rings (SSSR count). The monoisotopic (exact) mass is 298 g/mol. The van der Waals surface area contributed by atoms with Gasteiger partial charge in [-0.3, -0.25) is 0 Å². The Hall–Kier alpha value is -1.39. The molecule has 1 fully saturated rings. The summed E-state index contributed by atoms with van der Waals surface area (Å²) in [6, 6.07) is 0.824. The van der Waals surface area contributed by atoms with E-state index in [1.54, 1.807) is 7.05 Å². The normalized spacial score (nSPS) is 26.0. The Morgan fingerprint density at radius 1 is 1.29 bits per heavy atom. The number of aromatic nitrogens is 1.